The van der Waals surface area contributed by atoms with Gasteiger partial charge in [0, 0.05) is 12.1 Å². The van der Waals surface area contributed by atoms with Crippen LogP contribution in [-0.4, -0.2) is 26.9 Å². The van der Waals surface area contributed by atoms with Crippen molar-refractivity contribution in [3.05, 3.63) is 46.4 Å². The Balaban J connectivity index is 1.94. The van der Waals surface area contributed by atoms with Crippen molar-refractivity contribution in [3.63, 3.8) is 0 Å². The summed E-state index contributed by atoms with van der Waals surface area (Å²) in [4.78, 5) is 19.5. The second kappa shape index (κ2) is 5.99. The fourth-order valence-corrected chi connectivity index (χ4v) is 2.52. The number of nitrogens with zero attached hydrogens (tertiary/aromatic N) is 3. The van der Waals surface area contributed by atoms with Gasteiger partial charge < -0.3 is 10.1 Å². The molecule has 0 fully saturated rings. The zero-order chi connectivity index (χ0) is 17.3. The molecular formula is C17H21N5O2. The molecule has 3 aromatic rings. The lowest BCUT2D eigenvalue weighted by Gasteiger charge is -2.19. The van der Waals surface area contributed by atoms with Crippen LogP contribution >= 0.6 is 0 Å². The number of nitrogens with one attached hydrogen (secondary N) is 2. The molecule has 0 atom stereocenters. The van der Waals surface area contributed by atoms with E-state index in [-0.39, 0.29) is 11.1 Å². The van der Waals surface area contributed by atoms with Gasteiger partial charge in [-0.1, -0.05) is 18.2 Å². The zero-order valence-corrected chi connectivity index (χ0v) is 14.3. The van der Waals surface area contributed by atoms with Crippen LogP contribution in [0.5, 0.6) is 5.75 Å². The van der Waals surface area contributed by atoms with Crippen LogP contribution in [0.1, 0.15) is 26.3 Å². The number of H-pyrrole nitrogens is 1. The highest BCUT2D eigenvalue weighted by atomic mass is 16.5. The molecule has 2 aromatic heterocycles. The molecule has 0 aliphatic heterocycles. The lowest BCUT2D eigenvalue weighted by Crippen LogP contribution is -2.24. The van der Waals surface area contributed by atoms with E-state index in [1.54, 1.807) is 18.0 Å². The predicted octanol–water partition coefficient (Wildman–Crippen LogP) is 2.50. The summed E-state index contributed by atoms with van der Waals surface area (Å²) in [7, 11) is 1.63. The van der Waals surface area contributed by atoms with Crippen LogP contribution in [0, 0.1) is 0 Å². The average molecular weight is 327 g/mol. The van der Waals surface area contributed by atoms with Gasteiger partial charge in [-0.05, 0) is 26.8 Å². The van der Waals surface area contributed by atoms with E-state index in [9.17, 15) is 4.79 Å². The normalized spacial score (nSPS) is 11.7. The predicted molar refractivity (Wildman–Crippen MR) is 93.5 cm³/mol. The minimum absolute atomic E-state index is 0.210. The minimum atomic E-state index is -0.261. The number of rotatable bonds is 4. The smallest absolute Gasteiger partial charge is 0.263 e. The number of hydrogen-bond donors (Lipinski definition) is 2. The Morgan fingerprint density at radius 3 is 2.75 bits per heavy atom. The van der Waals surface area contributed by atoms with Gasteiger partial charge in [-0.15, -0.1) is 0 Å². The molecule has 0 bridgehead atoms. The second-order valence-electron chi connectivity index (χ2n) is 6.54. The Kier molecular flexibility index (Phi) is 4.01. The van der Waals surface area contributed by atoms with Gasteiger partial charge in [0.1, 0.15) is 11.1 Å². The summed E-state index contributed by atoms with van der Waals surface area (Å²) in [6.45, 7) is 6.54. The third-order valence-electron chi connectivity index (χ3n) is 3.71. The molecule has 1 aromatic carbocycles. The second-order valence-corrected chi connectivity index (χ2v) is 6.54. The minimum Gasteiger partial charge on any atom is -0.496 e. The molecule has 0 unspecified atom stereocenters. The third kappa shape index (κ3) is 2.97. The van der Waals surface area contributed by atoms with E-state index in [0.29, 0.717) is 23.5 Å². The van der Waals surface area contributed by atoms with Crippen LogP contribution in [0.4, 0.5) is 5.95 Å². The SMILES string of the molecule is COc1ccccc1CNc1nc2c(cnn2C(C)(C)C)c(=O)[nH]1. The first-order chi connectivity index (χ1) is 11.4. The Labute approximate surface area is 139 Å². The molecule has 7 nitrogen and oxygen atoms in total. The van der Waals surface area contributed by atoms with E-state index in [1.807, 2.05) is 45.0 Å². The molecule has 0 radical (unpaired) electrons. The zero-order valence-electron chi connectivity index (χ0n) is 14.3. The first-order valence-corrected chi connectivity index (χ1v) is 7.74. The van der Waals surface area contributed by atoms with E-state index in [2.05, 4.69) is 20.4 Å². The number of anilines is 1. The van der Waals surface area contributed by atoms with Crippen molar-refractivity contribution in [3.8, 4) is 5.75 Å². The quantitative estimate of drug-likeness (QED) is 0.769. The first-order valence-electron chi connectivity index (χ1n) is 7.74. The van der Waals surface area contributed by atoms with Crippen LogP contribution in [0.3, 0.4) is 0 Å². The topological polar surface area (TPSA) is 84.8 Å². The molecule has 0 aliphatic rings. The Morgan fingerprint density at radius 2 is 2.04 bits per heavy atom. The monoisotopic (exact) mass is 327 g/mol. The summed E-state index contributed by atoms with van der Waals surface area (Å²) in [5, 5.41) is 7.93. The van der Waals surface area contributed by atoms with Gasteiger partial charge in [-0.3, -0.25) is 9.78 Å². The van der Waals surface area contributed by atoms with Crippen LogP contribution in [0.2, 0.25) is 0 Å². The number of para-hydroxylation sites is 1. The summed E-state index contributed by atoms with van der Waals surface area (Å²) >= 11 is 0. The van der Waals surface area contributed by atoms with E-state index in [1.165, 1.54) is 0 Å². The third-order valence-corrected chi connectivity index (χ3v) is 3.71. The van der Waals surface area contributed by atoms with Crippen molar-refractivity contribution < 1.29 is 4.74 Å². The Morgan fingerprint density at radius 1 is 1.29 bits per heavy atom. The highest BCUT2D eigenvalue weighted by Crippen LogP contribution is 2.20. The van der Waals surface area contributed by atoms with Crippen molar-refractivity contribution in [2.45, 2.75) is 32.9 Å². The molecule has 126 valence electrons. The fraction of sp³-hybridized carbons (Fsp3) is 0.353. The summed E-state index contributed by atoms with van der Waals surface area (Å²) in [5.74, 6) is 1.19. The van der Waals surface area contributed by atoms with Crippen molar-refractivity contribution >= 4 is 17.0 Å². The van der Waals surface area contributed by atoms with Crippen molar-refractivity contribution in [2.24, 2.45) is 0 Å². The maximum Gasteiger partial charge on any atom is 0.263 e. The molecule has 7 heteroatoms. The standard InChI is InChI=1S/C17H21N5O2/c1-17(2,3)22-14-12(10-19-22)15(23)21-16(20-14)18-9-11-7-5-6-8-13(11)24-4/h5-8,10H,9H2,1-4H3,(H2,18,20,21,23). The molecular weight excluding hydrogens is 306 g/mol. The number of hydrogen-bond acceptors (Lipinski definition) is 5. The molecule has 2 heterocycles. The van der Waals surface area contributed by atoms with Gasteiger partial charge in [-0.2, -0.15) is 10.1 Å². The van der Waals surface area contributed by atoms with E-state index >= 15 is 0 Å². The lowest BCUT2D eigenvalue weighted by atomic mass is 10.1. The maximum absolute atomic E-state index is 12.3. The average Bonchev–Trinajstić information content (AvgIpc) is 2.98. The molecule has 0 saturated carbocycles. The van der Waals surface area contributed by atoms with Gasteiger partial charge in [0.05, 0.1) is 18.8 Å². The number of benzene rings is 1. The van der Waals surface area contributed by atoms with Gasteiger partial charge in [0.15, 0.2) is 5.65 Å². The lowest BCUT2D eigenvalue weighted by molar-refractivity contribution is 0.366. The van der Waals surface area contributed by atoms with Gasteiger partial charge in [0.2, 0.25) is 5.95 Å². The molecule has 0 aliphatic carbocycles. The largest absolute Gasteiger partial charge is 0.496 e. The molecule has 2 N–H and O–H groups in total. The highest BCUT2D eigenvalue weighted by Gasteiger charge is 2.19. The maximum atomic E-state index is 12.3. The number of aromatic amines is 1. The van der Waals surface area contributed by atoms with Crippen LogP contribution < -0.4 is 15.6 Å². The molecule has 0 saturated heterocycles. The van der Waals surface area contributed by atoms with Crippen molar-refractivity contribution in [2.75, 3.05) is 12.4 Å². The van der Waals surface area contributed by atoms with E-state index in [4.69, 9.17) is 4.74 Å². The number of fused-ring (bicyclic) bond motifs is 1. The number of ether oxygens (including phenoxy) is 1. The van der Waals surface area contributed by atoms with Crippen LogP contribution in [0.15, 0.2) is 35.3 Å². The summed E-state index contributed by atoms with van der Waals surface area (Å²) in [5.41, 5.74) is 1.07. The molecule has 0 amide bonds. The number of aromatic nitrogens is 4. The number of methoxy groups -OCH3 is 1. The summed E-state index contributed by atoms with van der Waals surface area (Å²) in [6.07, 6.45) is 1.55. The van der Waals surface area contributed by atoms with Gasteiger partial charge in [-0.25, -0.2) is 4.68 Å². The van der Waals surface area contributed by atoms with Gasteiger partial charge in [0.25, 0.3) is 5.56 Å². The Hall–Kier alpha value is -2.83. The van der Waals surface area contributed by atoms with E-state index < -0.39 is 0 Å². The highest BCUT2D eigenvalue weighted by molar-refractivity contribution is 5.74. The summed E-state index contributed by atoms with van der Waals surface area (Å²) in [6, 6.07) is 7.71. The fourth-order valence-electron chi connectivity index (χ4n) is 2.52. The molecule has 0 spiro atoms. The summed E-state index contributed by atoms with van der Waals surface area (Å²) < 4.78 is 7.09. The van der Waals surface area contributed by atoms with Gasteiger partial charge >= 0.3 is 0 Å². The van der Waals surface area contributed by atoms with Crippen molar-refractivity contribution in [1.82, 2.24) is 19.7 Å². The van der Waals surface area contributed by atoms with Crippen molar-refractivity contribution in [1.29, 1.82) is 0 Å². The Bertz CT molecular complexity index is 921. The first kappa shape index (κ1) is 16.0. The van der Waals surface area contributed by atoms with E-state index in [0.717, 1.165) is 11.3 Å². The molecule has 3 rings (SSSR count). The van der Waals surface area contributed by atoms with Crippen LogP contribution in [-0.2, 0) is 12.1 Å². The van der Waals surface area contributed by atoms with Crippen LogP contribution in [0.25, 0.3) is 11.0 Å². The molecule has 24 heavy (non-hydrogen) atoms.